The third-order valence-corrected chi connectivity index (χ3v) is 3.03. The highest BCUT2D eigenvalue weighted by Crippen LogP contribution is 2.13. The molecule has 0 saturated heterocycles. The summed E-state index contributed by atoms with van der Waals surface area (Å²) in [6.45, 7) is 6.29. The Labute approximate surface area is 125 Å². The zero-order valence-corrected chi connectivity index (χ0v) is 12.4. The number of nitrogens with one attached hydrogen (secondary N) is 1. The lowest BCUT2D eigenvalue weighted by atomic mass is 10.2. The molecule has 1 atom stereocenters. The summed E-state index contributed by atoms with van der Waals surface area (Å²) in [7, 11) is 0. The van der Waals surface area contributed by atoms with Crippen LogP contribution >= 0.6 is 0 Å². The molecule has 0 saturated carbocycles. The van der Waals surface area contributed by atoms with Crippen LogP contribution in [0.4, 0.5) is 0 Å². The molecule has 0 spiro atoms. The fourth-order valence-corrected chi connectivity index (χ4v) is 1.93. The van der Waals surface area contributed by atoms with Crippen molar-refractivity contribution >= 4 is 0 Å². The molecular weight excluding hydrogens is 264 g/mol. The fraction of sp³-hybridized carbons (Fsp3) is 0.375. The topological polar surface area (TPSA) is 62.9 Å². The molecule has 110 valence electrons. The van der Waals surface area contributed by atoms with Crippen LogP contribution in [0.5, 0.6) is 5.75 Å². The zero-order valence-electron chi connectivity index (χ0n) is 12.4. The van der Waals surface area contributed by atoms with Crippen LogP contribution in [0.1, 0.15) is 18.1 Å². The van der Waals surface area contributed by atoms with E-state index in [1.807, 2.05) is 54.3 Å². The second kappa shape index (κ2) is 7.46. The lowest BCUT2D eigenvalue weighted by Gasteiger charge is -2.09. The first-order chi connectivity index (χ1) is 10.2. The van der Waals surface area contributed by atoms with Gasteiger partial charge in [0.1, 0.15) is 11.8 Å². The predicted molar refractivity (Wildman–Crippen MR) is 80.8 cm³/mol. The van der Waals surface area contributed by atoms with Crippen LogP contribution in [-0.4, -0.2) is 22.4 Å². The van der Waals surface area contributed by atoms with Gasteiger partial charge in [0.05, 0.1) is 12.7 Å². The van der Waals surface area contributed by atoms with E-state index >= 15 is 0 Å². The summed E-state index contributed by atoms with van der Waals surface area (Å²) in [4.78, 5) is 0. The number of ether oxygens (including phenoxy) is 1. The highest BCUT2D eigenvalue weighted by atomic mass is 16.5. The van der Waals surface area contributed by atoms with E-state index in [1.54, 1.807) is 6.92 Å². The van der Waals surface area contributed by atoms with Crippen molar-refractivity contribution in [1.29, 1.82) is 5.26 Å². The average molecular weight is 284 g/mol. The maximum absolute atomic E-state index is 8.70. The van der Waals surface area contributed by atoms with Gasteiger partial charge in [-0.05, 0) is 37.1 Å². The van der Waals surface area contributed by atoms with E-state index in [0.717, 1.165) is 25.4 Å². The first-order valence-corrected chi connectivity index (χ1v) is 7.02. The largest absolute Gasteiger partial charge is 0.476 e. The number of rotatable bonds is 7. The molecule has 1 N–H and O–H groups in total. The summed E-state index contributed by atoms with van der Waals surface area (Å²) in [5.74, 6) is 0.722. The van der Waals surface area contributed by atoms with Crippen molar-refractivity contribution in [3.8, 4) is 11.8 Å². The normalized spacial score (nSPS) is 11.9. The molecule has 0 radical (unpaired) electrons. The molecular formula is C16H20N4O. The van der Waals surface area contributed by atoms with E-state index in [4.69, 9.17) is 10.00 Å². The summed E-state index contributed by atoms with van der Waals surface area (Å²) < 4.78 is 7.34. The molecule has 0 aliphatic rings. The number of aromatic nitrogens is 2. The molecule has 0 bridgehead atoms. The van der Waals surface area contributed by atoms with Crippen LogP contribution < -0.4 is 10.1 Å². The van der Waals surface area contributed by atoms with Gasteiger partial charge in [0, 0.05) is 19.3 Å². The second-order valence-corrected chi connectivity index (χ2v) is 4.99. The quantitative estimate of drug-likeness (QED) is 0.792. The molecule has 0 amide bonds. The third kappa shape index (κ3) is 4.93. The number of hydrogen-bond donors (Lipinski definition) is 1. The first kappa shape index (κ1) is 15.1. The molecule has 5 heteroatoms. The molecule has 0 aliphatic heterocycles. The van der Waals surface area contributed by atoms with Crippen molar-refractivity contribution in [2.45, 2.75) is 33.0 Å². The highest BCUT2D eigenvalue weighted by molar-refractivity contribution is 5.27. The lowest BCUT2D eigenvalue weighted by molar-refractivity contribution is 0.276. The molecule has 1 aromatic carbocycles. The third-order valence-electron chi connectivity index (χ3n) is 3.03. The second-order valence-electron chi connectivity index (χ2n) is 4.99. The summed E-state index contributed by atoms with van der Waals surface area (Å²) in [6, 6.07) is 9.83. The predicted octanol–water partition coefficient (Wildman–Crippen LogP) is 2.27. The highest BCUT2D eigenvalue weighted by Gasteiger charge is 2.01. The maximum atomic E-state index is 8.70. The summed E-state index contributed by atoms with van der Waals surface area (Å²) in [5, 5.41) is 16.3. The van der Waals surface area contributed by atoms with Crippen molar-refractivity contribution in [2.24, 2.45) is 0 Å². The Morgan fingerprint density at radius 3 is 2.76 bits per heavy atom. The molecule has 1 aromatic heterocycles. The van der Waals surface area contributed by atoms with Gasteiger partial charge in [-0.1, -0.05) is 12.1 Å². The van der Waals surface area contributed by atoms with Gasteiger partial charge in [0.2, 0.25) is 0 Å². The molecule has 1 heterocycles. The van der Waals surface area contributed by atoms with Gasteiger partial charge in [-0.15, -0.1) is 0 Å². The SMILES string of the molecule is Cc1cnn(CCNCc2ccc(OC(C)C#N)cc2)c1. The van der Waals surface area contributed by atoms with Gasteiger partial charge in [0.15, 0.2) is 6.10 Å². The average Bonchev–Trinajstić information content (AvgIpc) is 2.91. The summed E-state index contributed by atoms with van der Waals surface area (Å²) in [6.07, 6.45) is 3.47. The molecule has 2 rings (SSSR count). The molecule has 21 heavy (non-hydrogen) atoms. The van der Waals surface area contributed by atoms with Gasteiger partial charge >= 0.3 is 0 Å². The monoisotopic (exact) mass is 284 g/mol. The Hall–Kier alpha value is -2.32. The Morgan fingerprint density at radius 1 is 1.38 bits per heavy atom. The van der Waals surface area contributed by atoms with Crippen LogP contribution in [0.3, 0.4) is 0 Å². The van der Waals surface area contributed by atoms with Gasteiger partial charge in [0.25, 0.3) is 0 Å². The van der Waals surface area contributed by atoms with Crippen LogP contribution in [0.2, 0.25) is 0 Å². The molecule has 1 unspecified atom stereocenters. The lowest BCUT2D eigenvalue weighted by Crippen LogP contribution is -2.19. The minimum absolute atomic E-state index is 0.425. The Kier molecular flexibility index (Phi) is 5.35. The van der Waals surface area contributed by atoms with Crippen molar-refractivity contribution < 1.29 is 4.74 Å². The fourth-order valence-electron chi connectivity index (χ4n) is 1.93. The van der Waals surface area contributed by atoms with Crippen LogP contribution in [0.15, 0.2) is 36.7 Å². The number of nitriles is 1. The van der Waals surface area contributed by atoms with Crippen molar-refractivity contribution in [3.05, 3.63) is 47.8 Å². The number of aryl methyl sites for hydroxylation is 1. The molecule has 0 aliphatic carbocycles. The minimum Gasteiger partial charge on any atom is -0.476 e. The van der Waals surface area contributed by atoms with Gasteiger partial charge < -0.3 is 10.1 Å². The van der Waals surface area contributed by atoms with Crippen LogP contribution in [0, 0.1) is 18.3 Å². The maximum Gasteiger partial charge on any atom is 0.181 e. The van der Waals surface area contributed by atoms with E-state index in [1.165, 1.54) is 11.1 Å². The van der Waals surface area contributed by atoms with Gasteiger partial charge in [-0.2, -0.15) is 10.4 Å². The van der Waals surface area contributed by atoms with E-state index in [-0.39, 0.29) is 0 Å². The molecule has 2 aromatic rings. The summed E-state index contributed by atoms with van der Waals surface area (Å²) in [5.41, 5.74) is 2.36. The van der Waals surface area contributed by atoms with Crippen molar-refractivity contribution in [2.75, 3.05) is 6.54 Å². The van der Waals surface area contributed by atoms with Crippen molar-refractivity contribution in [3.63, 3.8) is 0 Å². The molecule has 0 fully saturated rings. The van der Waals surface area contributed by atoms with E-state index in [2.05, 4.69) is 10.4 Å². The minimum atomic E-state index is -0.425. The zero-order chi connectivity index (χ0) is 15.1. The Morgan fingerprint density at radius 2 is 2.14 bits per heavy atom. The number of nitrogens with zero attached hydrogens (tertiary/aromatic N) is 3. The van der Waals surface area contributed by atoms with E-state index in [0.29, 0.717) is 0 Å². The van der Waals surface area contributed by atoms with Gasteiger partial charge in [-0.25, -0.2) is 0 Å². The number of hydrogen-bond acceptors (Lipinski definition) is 4. The number of benzene rings is 1. The molecule has 5 nitrogen and oxygen atoms in total. The van der Waals surface area contributed by atoms with Crippen LogP contribution in [-0.2, 0) is 13.1 Å². The summed E-state index contributed by atoms with van der Waals surface area (Å²) >= 11 is 0. The van der Waals surface area contributed by atoms with E-state index in [9.17, 15) is 0 Å². The van der Waals surface area contributed by atoms with Gasteiger partial charge in [-0.3, -0.25) is 4.68 Å². The Bertz CT molecular complexity index is 597. The van der Waals surface area contributed by atoms with Crippen molar-refractivity contribution in [1.82, 2.24) is 15.1 Å². The Balaban J connectivity index is 1.72. The smallest absolute Gasteiger partial charge is 0.181 e. The standard InChI is InChI=1S/C16H20N4O/c1-13-10-19-20(12-13)8-7-18-11-15-3-5-16(6-4-15)21-14(2)9-17/h3-6,10,12,14,18H,7-8,11H2,1-2H3. The van der Waals surface area contributed by atoms with Crippen LogP contribution in [0.25, 0.3) is 0 Å². The first-order valence-electron chi connectivity index (χ1n) is 7.02. The van der Waals surface area contributed by atoms with E-state index < -0.39 is 6.10 Å².